The zero-order valence-corrected chi connectivity index (χ0v) is 8.53. The summed E-state index contributed by atoms with van der Waals surface area (Å²) in [6.07, 6.45) is 0. The topological polar surface area (TPSA) is 128 Å². The fourth-order valence-electron chi connectivity index (χ4n) is 0. The molecule has 0 aliphatic carbocycles. The van der Waals surface area contributed by atoms with E-state index in [-0.39, 0.29) is 11.0 Å². The van der Waals surface area contributed by atoms with Gasteiger partial charge in [-0.05, 0) is 0 Å². The van der Waals surface area contributed by atoms with Gasteiger partial charge in [0.25, 0.3) is 0 Å². The Balaban J connectivity index is -0.0000000160. The van der Waals surface area contributed by atoms with Crippen LogP contribution in [0.2, 0.25) is 0 Å². The summed E-state index contributed by atoms with van der Waals surface area (Å²) < 4.78 is 34.3. The molecule has 0 aliphatic heterocycles. The van der Waals surface area contributed by atoms with Crippen molar-refractivity contribution in [3.8, 4) is 0 Å². The van der Waals surface area contributed by atoms with E-state index in [1.165, 1.54) is 0 Å². The molecule has 40 valence electrons. The first kappa shape index (κ1) is 22.9. The Morgan fingerprint density at radius 1 is 0.625 bits per heavy atom. The Labute approximate surface area is 72.5 Å². The molecule has 8 radical (unpaired) electrons. The average molecular weight is 144 g/mol. The van der Waals surface area contributed by atoms with Crippen LogP contribution in [0.25, 0.3) is 0 Å². The van der Waals surface area contributed by atoms with Gasteiger partial charge in [0.1, 0.15) is 0 Å². The van der Waals surface area contributed by atoms with E-state index >= 15 is 0 Å². The number of hydrogen-bond donors (Lipinski definition) is 0. The van der Waals surface area contributed by atoms with E-state index in [2.05, 4.69) is 0 Å². The molecule has 0 saturated carbocycles. The van der Waals surface area contributed by atoms with Gasteiger partial charge in [-0.2, -0.15) is 0 Å². The Hall–Kier alpha value is 1.12. The summed E-state index contributed by atoms with van der Waals surface area (Å²) in [5.41, 5.74) is 0. The minimum atomic E-state index is -2.42. The van der Waals surface area contributed by atoms with Crippen LogP contribution in [0.4, 0.5) is 0 Å². The van der Waals surface area contributed by atoms with Gasteiger partial charge in [-0.3, -0.25) is 0 Å². The Kier molecular flexibility index (Phi) is 121. The SMILES string of the molecule is [OH-].[OH-].[O]=[Na+]=[O].[O]=[Na+]=[O]. The van der Waals surface area contributed by atoms with E-state index in [9.17, 15) is 0 Å². The molecule has 0 spiro atoms. The first-order valence-corrected chi connectivity index (χ1v) is 4.90. The van der Waals surface area contributed by atoms with Crippen molar-refractivity contribution in [2.75, 3.05) is 0 Å². The zero-order valence-electron chi connectivity index (χ0n) is 4.53. The van der Waals surface area contributed by atoms with Crippen molar-refractivity contribution >= 4 is 0 Å². The van der Waals surface area contributed by atoms with Crippen LogP contribution in [0.3, 0.4) is 0 Å². The minimum absolute atomic E-state index is 0. The zero-order chi connectivity index (χ0) is 5.41. The van der Waals surface area contributed by atoms with Crippen LogP contribution >= 0.6 is 0 Å². The molecule has 0 aliphatic rings. The molecule has 0 bridgehead atoms. The van der Waals surface area contributed by atoms with Crippen molar-refractivity contribution in [3.63, 3.8) is 0 Å². The summed E-state index contributed by atoms with van der Waals surface area (Å²) in [6.45, 7) is 0. The van der Waals surface area contributed by atoms with Gasteiger partial charge in [0, 0.05) is 0 Å². The Bertz CT molecular complexity index is 60.5. The van der Waals surface area contributed by atoms with Crippen LogP contribution in [-0.4, -0.2) is 11.0 Å². The summed E-state index contributed by atoms with van der Waals surface area (Å²) in [7, 11) is 0. The molecule has 0 aromatic carbocycles. The molecule has 0 aromatic rings. The average Bonchev–Trinajstić information content (AvgIpc) is 1.39. The van der Waals surface area contributed by atoms with Crippen molar-refractivity contribution in [1.82, 2.24) is 0 Å². The molecule has 0 unspecified atom stereocenters. The van der Waals surface area contributed by atoms with Gasteiger partial charge in [-0.15, -0.1) is 0 Å². The van der Waals surface area contributed by atoms with Crippen molar-refractivity contribution < 1.29 is 73.4 Å². The maximum atomic E-state index is 8.57. The van der Waals surface area contributed by atoms with Crippen LogP contribution in [0.5, 0.6) is 0 Å². The maximum absolute atomic E-state index is 8.57. The van der Waals surface area contributed by atoms with Crippen LogP contribution in [0.1, 0.15) is 0 Å². The molecule has 0 saturated heterocycles. The van der Waals surface area contributed by atoms with Crippen LogP contribution < -0.4 is 52.7 Å². The summed E-state index contributed by atoms with van der Waals surface area (Å²) in [5.74, 6) is 0. The third kappa shape index (κ3) is 213. The normalized spacial score (nSPS) is 2.00. The van der Waals surface area contributed by atoms with Gasteiger partial charge >= 0.3 is 62.4 Å². The van der Waals surface area contributed by atoms with E-state index in [1.54, 1.807) is 0 Å². The molecule has 0 heterocycles. The number of rotatable bonds is 0. The molecule has 2 N–H and O–H groups in total. The Morgan fingerprint density at radius 3 is 0.625 bits per heavy atom. The summed E-state index contributed by atoms with van der Waals surface area (Å²) in [4.78, 5) is 0. The predicted molar refractivity (Wildman–Crippen MR) is 6.62 cm³/mol. The van der Waals surface area contributed by atoms with Gasteiger partial charge in [0.05, 0.1) is 0 Å². The number of hydrogen-bond acceptors (Lipinski definition) is 6. The molecule has 0 atom stereocenters. The third-order valence-electron chi connectivity index (χ3n) is 0. The Morgan fingerprint density at radius 2 is 0.625 bits per heavy atom. The molecular weight excluding hydrogens is 142 g/mol. The van der Waals surface area contributed by atoms with Crippen molar-refractivity contribution in [1.29, 1.82) is 0 Å². The van der Waals surface area contributed by atoms with Crippen LogP contribution in [0, 0.1) is 0 Å². The molecular formula is H2Na2O6. The van der Waals surface area contributed by atoms with Crippen molar-refractivity contribution in [2.45, 2.75) is 0 Å². The van der Waals surface area contributed by atoms with Crippen molar-refractivity contribution in [2.24, 2.45) is 0 Å². The quantitative estimate of drug-likeness (QED) is 0.310. The van der Waals surface area contributed by atoms with Crippen LogP contribution in [0.15, 0.2) is 0 Å². The van der Waals surface area contributed by atoms with E-state index in [4.69, 9.17) is 9.68 Å². The third-order valence-corrected chi connectivity index (χ3v) is 0. The monoisotopic (exact) mass is 144 g/mol. The van der Waals surface area contributed by atoms with Gasteiger partial charge in [0.2, 0.25) is 0 Å². The van der Waals surface area contributed by atoms with Gasteiger partial charge in [-0.25, -0.2) is 0 Å². The van der Waals surface area contributed by atoms with E-state index in [0.29, 0.717) is 0 Å². The second-order valence-electron chi connectivity index (χ2n) is 0.333. The molecule has 0 fully saturated rings. The fourth-order valence-corrected chi connectivity index (χ4v) is 0. The summed E-state index contributed by atoms with van der Waals surface area (Å²) in [5, 5.41) is 0. The molecule has 8 heavy (non-hydrogen) atoms. The second-order valence-corrected chi connectivity index (χ2v) is 1.00. The fraction of sp³-hybridized carbons (Fsp3) is 0. The summed E-state index contributed by atoms with van der Waals surface area (Å²) >= 11 is -4.83. The van der Waals surface area contributed by atoms with Crippen molar-refractivity contribution in [3.05, 3.63) is 0 Å². The first-order valence-electron chi connectivity index (χ1n) is 1.63. The van der Waals surface area contributed by atoms with Gasteiger partial charge < -0.3 is 11.0 Å². The molecule has 0 amide bonds. The van der Waals surface area contributed by atoms with E-state index in [1.807, 2.05) is 0 Å². The van der Waals surface area contributed by atoms with Gasteiger partial charge in [0.15, 0.2) is 0 Å². The molecule has 0 aromatic heterocycles. The van der Waals surface area contributed by atoms with Gasteiger partial charge in [-0.1, -0.05) is 0 Å². The molecule has 6 nitrogen and oxygen atoms in total. The summed E-state index contributed by atoms with van der Waals surface area (Å²) in [6, 6.07) is 0. The van der Waals surface area contributed by atoms with E-state index < -0.39 is 52.7 Å². The van der Waals surface area contributed by atoms with E-state index in [0.717, 1.165) is 0 Å². The first-order chi connectivity index (χ1) is 2.83. The second kappa shape index (κ2) is 42.3. The molecule has 8 heteroatoms. The molecule has 0 rings (SSSR count). The van der Waals surface area contributed by atoms with Crippen LogP contribution in [-0.2, 0) is 9.68 Å². The standard InChI is InChI=1S/2Na.2H2O.4O/h;;2*1H2;;;;/q2*+1;;;;;;/p-2. The predicted octanol–water partition coefficient (Wildman–Crippen LogP) is -6.82.